The largest absolute Gasteiger partial charge is 0.316 e. The summed E-state index contributed by atoms with van der Waals surface area (Å²) in [7, 11) is 0. The molecule has 0 fully saturated rings. The van der Waals surface area contributed by atoms with Crippen molar-refractivity contribution in [3.05, 3.63) is 45.0 Å². The Balaban J connectivity index is 1.46. The number of thiophene rings is 2. The van der Waals surface area contributed by atoms with Gasteiger partial charge in [0.05, 0.1) is 11.3 Å². The van der Waals surface area contributed by atoms with E-state index in [1.807, 2.05) is 10.6 Å². The molecular weight excluding hydrogens is 507 g/mol. The first-order chi connectivity index (χ1) is 17.1. The number of thioether (sulfide) groups is 1. The lowest BCUT2D eigenvalue weighted by atomic mass is 9.72. The summed E-state index contributed by atoms with van der Waals surface area (Å²) in [5.74, 6) is 1.87. The molecule has 6 nitrogen and oxygen atoms in total. The van der Waals surface area contributed by atoms with Crippen LogP contribution in [0.4, 0.5) is 5.00 Å². The van der Waals surface area contributed by atoms with Crippen LogP contribution in [-0.2, 0) is 24.2 Å². The summed E-state index contributed by atoms with van der Waals surface area (Å²) in [6.45, 7) is 15.6. The highest BCUT2D eigenvalue weighted by atomic mass is 32.2. The quantitative estimate of drug-likeness (QED) is 0.243. The Morgan fingerprint density at radius 2 is 2.19 bits per heavy atom. The minimum absolute atomic E-state index is 0.144. The van der Waals surface area contributed by atoms with E-state index in [-0.39, 0.29) is 17.1 Å². The molecule has 3 heterocycles. The molecule has 0 saturated heterocycles. The van der Waals surface area contributed by atoms with Crippen molar-refractivity contribution in [1.82, 2.24) is 14.8 Å². The molecule has 1 aliphatic carbocycles. The Morgan fingerprint density at radius 1 is 1.42 bits per heavy atom. The topological polar surface area (TPSA) is 83.6 Å². The monoisotopic (exact) mass is 539 g/mol. The van der Waals surface area contributed by atoms with Crippen molar-refractivity contribution >= 4 is 45.3 Å². The molecule has 190 valence electrons. The molecule has 4 rings (SSSR count). The van der Waals surface area contributed by atoms with Gasteiger partial charge in [-0.1, -0.05) is 52.5 Å². The maximum Gasteiger partial charge on any atom is 0.235 e. The number of aromatic nitrogens is 3. The molecule has 3 aromatic rings. The van der Waals surface area contributed by atoms with Crippen molar-refractivity contribution in [1.29, 1.82) is 5.26 Å². The molecule has 0 bridgehead atoms. The second-order valence-corrected chi connectivity index (χ2v) is 13.6. The lowest BCUT2D eigenvalue weighted by molar-refractivity contribution is -0.113. The molecule has 0 saturated carbocycles. The Labute approximate surface area is 225 Å². The van der Waals surface area contributed by atoms with Gasteiger partial charge in [0.25, 0.3) is 0 Å². The molecule has 1 atom stereocenters. The third kappa shape index (κ3) is 5.61. The summed E-state index contributed by atoms with van der Waals surface area (Å²) in [6.07, 6.45) is 4.76. The van der Waals surface area contributed by atoms with Crippen LogP contribution in [0.1, 0.15) is 67.8 Å². The maximum absolute atomic E-state index is 12.9. The number of anilines is 1. The van der Waals surface area contributed by atoms with Crippen molar-refractivity contribution < 1.29 is 4.79 Å². The fraction of sp³-hybridized carbons (Fsp3) is 0.481. The zero-order valence-electron chi connectivity index (χ0n) is 21.6. The Morgan fingerprint density at radius 3 is 2.83 bits per heavy atom. The van der Waals surface area contributed by atoms with Gasteiger partial charge in [0, 0.05) is 27.2 Å². The van der Waals surface area contributed by atoms with Crippen LogP contribution in [0.3, 0.4) is 0 Å². The number of rotatable bonds is 8. The molecule has 9 heteroatoms. The molecule has 1 N–H and O–H groups in total. The van der Waals surface area contributed by atoms with Crippen LogP contribution in [0.15, 0.2) is 29.3 Å². The lowest BCUT2D eigenvalue weighted by Crippen LogP contribution is -2.26. The molecule has 36 heavy (non-hydrogen) atoms. The molecule has 1 unspecified atom stereocenters. The summed E-state index contributed by atoms with van der Waals surface area (Å²) >= 11 is 4.64. The first-order valence-electron chi connectivity index (χ1n) is 12.2. The Kier molecular flexibility index (Phi) is 8.08. The number of nitrogens with zero attached hydrogens (tertiary/aromatic N) is 4. The summed E-state index contributed by atoms with van der Waals surface area (Å²) in [5, 5.41) is 25.1. The fourth-order valence-corrected chi connectivity index (χ4v) is 7.45. The number of amides is 1. The van der Waals surface area contributed by atoms with E-state index >= 15 is 0 Å². The number of hydrogen-bond acceptors (Lipinski definition) is 7. The first-order valence-corrected chi connectivity index (χ1v) is 14.9. The number of fused-ring (bicyclic) bond motifs is 1. The Hall–Kier alpha value is -2.41. The normalized spacial score (nSPS) is 15.5. The second kappa shape index (κ2) is 10.9. The molecule has 0 aliphatic heterocycles. The van der Waals surface area contributed by atoms with Gasteiger partial charge in [-0.3, -0.25) is 9.36 Å². The lowest BCUT2D eigenvalue weighted by Gasteiger charge is -2.33. The molecule has 0 aromatic carbocycles. The van der Waals surface area contributed by atoms with Gasteiger partial charge in [-0.15, -0.1) is 39.4 Å². The molecule has 0 radical (unpaired) electrons. The van der Waals surface area contributed by atoms with E-state index in [0.29, 0.717) is 34.1 Å². The van der Waals surface area contributed by atoms with E-state index in [0.717, 1.165) is 36.2 Å². The van der Waals surface area contributed by atoms with E-state index in [2.05, 4.69) is 74.2 Å². The van der Waals surface area contributed by atoms with Gasteiger partial charge in [0.1, 0.15) is 11.1 Å². The third-order valence-corrected chi connectivity index (χ3v) is 10.0. The van der Waals surface area contributed by atoms with Gasteiger partial charge < -0.3 is 5.32 Å². The Bertz CT molecular complexity index is 1300. The SMILES string of the molecule is C=CCn1c(SCC(=O)Nc2sc3c(c2C#N)CCC(C(C)(C)C)C3)nnc1-c1csc(C(C)C)c1. The van der Waals surface area contributed by atoms with Crippen molar-refractivity contribution in [3.8, 4) is 17.5 Å². The fourth-order valence-electron chi connectivity index (χ4n) is 4.50. The average molecular weight is 540 g/mol. The predicted octanol–water partition coefficient (Wildman–Crippen LogP) is 7.13. The second-order valence-electron chi connectivity index (χ2n) is 10.6. The standard InChI is InChI=1S/C27H33N5OS3/c1-7-10-32-24(17-11-21(16(2)3)34-14-17)30-31-26(32)35-15-23(33)29-25-20(13-28)19-9-8-18(27(4,5)6)12-22(19)36-25/h7,11,14,16,18H,1,8-10,12,15H2,2-6H3,(H,29,33). The maximum atomic E-state index is 12.9. The van der Waals surface area contributed by atoms with Gasteiger partial charge >= 0.3 is 0 Å². The number of nitriles is 1. The third-order valence-electron chi connectivity index (χ3n) is 6.66. The van der Waals surface area contributed by atoms with E-state index in [4.69, 9.17) is 0 Å². The highest BCUT2D eigenvalue weighted by Gasteiger charge is 2.32. The number of hydrogen-bond donors (Lipinski definition) is 1. The van der Waals surface area contributed by atoms with Crippen LogP contribution < -0.4 is 5.32 Å². The molecular formula is C27H33N5OS3. The molecule has 1 amide bonds. The van der Waals surface area contributed by atoms with Crippen molar-refractivity contribution in [2.24, 2.45) is 11.3 Å². The van der Waals surface area contributed by atoms with Crippen LogP contribution in [0.2, 0.25) is 0 Å². The first kappa shape index (κ1) is 26.6. The molecule has 0 spiro atoms. The van der Waals surface area contributed by atoms with Crippen LogP contribution in [0.5, 0.6) is 0 Å². The highest BCUT2D eigenvalue weighted by molar-refractivity contribution is 7.99. The minimum atomic E-state index is -0.144. The van der Waals surface area contributed by atoms with Gasteiger partial charge in [-0.25, -0.2) is 0 Å². The van der Waals surface area contributed by atoms with Crippen molar-refractivity contribution in [2.75, 3.05) is 11.1 Å². The summed E-state index contributed by atoms with van der Waals surface area (Å²) in [4.78, 5) is 15.4. The zero-order chi connectivity index (χ0) is 26.0. The minimum Gasteiger partial charge on any atom is -0.316 e. The molecule has 3 aromatic heterocycles. The van der Waals surface area contributed by atoms with Crippen LogP contribution in [-0.4, -0.2) is 26.4 Å². The number of carbonyl (C=O) groups excluding carboxylic acids is 1. The van der Waals surface area contributed by atoms with Gasteiger partial charge in [0.2, 0.25) is 5.91 Å². The predicted molar refractivity (Wildman–Crippen MR) is 151 cm³/mol. The van der Waals surface area contributed by atoms with Gasteiger partial charge in [-0.2, -0.15) is 5.26 Å². The van der Waals surface area contributed by atoms with Crippen LogP contribution in [0, 0.1) is 22.7 Å². The highest BCUT2D eigenvalue weighted by Crippen LogP contribution is 2.44. The van der Waals surface area contributed by atoms with Crippen LogP contribution >= 0.6 is 34.4 Å². The van der Waals surface area contributed by atoms with E-state index < -0.39 is 0 Å². The van der Waals surface area contributed by atoms with E-state index in [9.17, 15) is 10.1 Å². The molecule has 1 aliphatic rings. The van der Waals surface area contributed by atoms with Gasteiger partial charge in [0.15, 0.2) is 11.0 Å². The van der Waals surface area contributed by atoms with Gasteiger partial charge in [-0.05, 0) is 48.1 Å². The van der Waals surface area contributed by atoms with E-state index in [1.54, 1.807) is 22.7 Å². The summed E-state index contributed by atoms with van der Waals surface area (Å²) in [5.41, 5.74) is 3.02. The summed E-state index contributed by atoms with van der Waals surface area (Å²) in [6, 6.07) is 4.50. The number of allylic oxidation sites excluding steroid dienone is 1. The summed E-state index contributed by atoms with van der Waals surface area (Å²) < 4.78 is 1.99. The number of carbonyl (C=O) groups is 1. The number of nitrogens with one attached hydrogen (secondary N) is 1. The van der Waals surface area contributed by atoms with Crippen molar-refractivity contribution in [3.63, 3.8) is 0 Å². The zero-order valence-corrected chi connectivity index (χ0v) is 24.0. The van der Waals surface area contributed by atoms with Crippen molar-refractivity contribution in [2.45, 2.75) is 71.5 Å². The smallest absolute Gasteiger partial charge is 0.235 e. The average Bonchev–Trinajstić information content (AvgIpc) is 3.53. The van der Waals surface area contributed by atoms with E-state index in [1.165, 1.54) is 21.5 Å². The van der Waals surface area contributed by atoms with Crippen LogP contribution in [0.25, 0.3) is 11.4 Å².